The van der Waals surface area contributed by atoms with Crippen molar-refractivity contribution in [3.8, 4) is 5.75 Å². The number of allylic oxidation sites excluding steroid dienone is 1. The highest BCUT2D eigenvalue weighted by atomic mass is 16.3. The Morgan fingerprint density at radius 3 is 2.95 bits per heavy atom. The maximum Gasteiger partial charge on any atom is 0.278 e. The van der Waals surface area contributed by atoms with Crippen LogP contribution in [0.3, 0.4) is 0 Å². The van der Waals surface area contributed by atoms with Gasteiger partial charge in [-0.1, -0.05) is 6.58 Å². The summed E-state index contributed by atoms with van der Waals surface area (Å²) in [7, 11) is 0. The molecule has 2 aliphatic rings. The highest BCUT2D eigenvalue weighted by Gasteiger charge is 2.40. The molecule has 2 aliphatic heterocycles. The minimum absolute atomic E-state index is 0.0555. The number of pyridine rings is 1. The largest absolute Gasteiger partial charge is 0.508 e. The van der Waals surface area contributed by atoms with Crippen LogP contribution in [-0.4, -0.2) is 27.9 Å². The molecular formula is C16H13N3O3. The monoisotopic (exact) mass is 295 g/mol. The fourth-order valence-electron chi connectivity index (χ4n) is 3.17. The van der Waals surface area contributed by atoms with E-state index in [4.69, 9.17) is 0 Å². The van der Waals surface area contributed by atoms with Crippen LogP contribution in [0.15, 0.2) is 36.7 Å². The Bertz CT molecular complexity index is 859. The van der Waals surface area contributed by atoms with E-state index in [-0.39, 0.29) is 17.6 Å². The SMILES string of the molecule is C=C1CCC(N2C(=O)c3nccc4cc(O)cc2c34)C(=O)N1. The molecule has 1 aromatic carbocycles. The van der Waals surface area contributed by atoms with Gasteiger partial charge in [-0.25, -0.2) is 0 Å². The van der Waals surface area contributed by atoms with Gasteiger partial charge in [0.25, 0.3) is 5.91 Å². The first-order valence-electron chi connectivity index (χ1n) is 7.00. The van der Waals surface area contributed by atoms with Crippen molar-refractivity contribution in [3.05, 3.63) is 42.4 Å². The average Bonchev–Trinajstić information content (AvgIpc) is 2.74. The first-order chi connectivity index (χ1) is 10.6. The molecule has 1 atom stereocenters. The summed E-state index contributed by atoms with van der Waals surface area (Å²) >= 11 is 0. The zero-order chi connectivity index (χ0) is 15.4. The molecule has 2 aromatic rings. The summed E-state index contributed by atoms with van der Waals surface area (Å²) in [4.78, 5) is 30.5. The van der Waals surface area contributed by atoms with E-state index in [1.165, 1.54) is 17.2 Å². The number of hydrogen-bond donors (Lipinski definition) is 2. The third-order valence-corrected chi connectivity index (χ3v) is 4.14. The van der Waals surface area contributed by atoms with Crippen molar-refractivity contribution in [1.29, 1.82) is 0 Å². The summed E-state index contributed by atoms with van der Waals surface area (Å²) in [6.07, 6.45) is 2.65. The van der Waals surface area contributed by atoms with Gasteiger partial charge in [-0.3, -0.25) is 19.5 Å². The van der Waals surface area contributed by atoms with Crippen LogP contribution in [-0.2, 0) is 4.79 Å². The number of carbonyl (C=O) groups is 2. The van der Waals surface area contributed by atoms with Gasteiger partial charge >= 0.3 is 0 Å². The van der Waals surface area contributed by atoms with Crippen molar-refractivity contribution >= 4 is 28.3 Å². The van der Waals surface area contributed by atoms with Crippen molar-refractivity contribution in [2.24, 2.45) is 0 Å². The number of nitrogens with zero attached hydrogens (tertiary/aromatic N) is 2. The molecule has 6 heteroatoms. The van der Waals surface area contributed by atoms with Gasteiger partial charge < -0.3 is 10.4 Å². The lowest BCUT2D eigenvalue weighted by atomic mass is 10.0. The summed E-state index contributed by atoms with van der Waals surface area (Å²) in [6, 6.07) is 4.22. The average molecular weight is 295 g/mol. The molecule has 110 valence electrons. The van der Waals surface area contributed by atoms with E-state index in [1.807, 2.05) is 0 Å². The quantitative estimate of drug-likeness (QED) is 0.838. The molecule has 1 unspecified atom stereocenters. The molecule has 22 heavy (non-hydrogen) atoms. The predicted molar refractivity (Wildman–Crippen MR) is 80.5 cm³/mol. The number of benzene rings is 1. The molecule has 0 saturated carbocycles. The molecular weight excluding hydrogens is 282 g/mol. The molecule has 0 spiro atoms. The van der Waals surface area contributed by atoms with Crippen LogP contribution in [0.5, 0.6) is 5.75 Å². The van der Waals surface area contributed by atoms with Crippen LogP contribution >= 0.6 is 0 Å². The van der Waals surface area contributed by atoms with Crippen molar-refractivity contribution in [1.82, 2.24) is 10.3 Å². The van der Waals surface area contributed by atoms with Gasteiger partial charge in [0, 0.05) is 23.3 Å². The predicted octanol–water partition coefficient (Wildman–Crippen LogP) is 1.69. The third kappa shape index (κ3) is 1.64. The van der Waals surface area contributed by atoms with Crippen LogP contribution in [0.2, 0.25) is 0 Å². The van der Waals surface area contributed by atoms with Crippen molar-refractivity contribution < 1.29 is 14.7 Å². The van der Waals surface area contributed by atoms with Gasteiger partial charge in [0.05, 0.1) is 5.69 Å². The van der Waals surface area contributed by atoms with Gasteiger partial charge in [-0.2, -0.15) is 0 Å². The molecule has 2 amide bonds. The van der Waals surface area contributed by atoms with E-state index in [9.17, 15) is 14.7 Å². The second-order valence-electron chi connectivity index (χ2n) is 5.54. The Kier molecular flexibility index (Phi) is 2.51. The number of nitrogens with one attached hydrogen (secondary N) is 1. The minimum Gasteiger partial charge on any atom is -0.508 e. The van der Waals surface area contributed by atoms with Gasteiger partial charge in [0.1, 0.15) is 17.5 Å². The minimum atomic E-state index is -0.614. The number of rotatable bonds is 1. The Balaban J connectivity index is 1.89. The summed E-state index contributed by atoms with van der Waals surface area (Å²) in [5, 5.41) is 14.0. The van der Waals surface area contributed by atoms with Crippen LogP contribution in [0, 0.1) is 0 Å². The Hall–Kier alpha value is -2.89. The lowest BCUT2D eigenvalue weighted by Crippen LogP contribution is -2.51. The van der Waals surface area contributed by atoms with E-state index < -0.39 is 6.04 Å². The second-order valence-corrected chi connectivity index (χ2v) is 5.54. The van der Waals surface area contributed by atoms with Crippen LogP contribution in [0.25, 0.3) is 10.8 Å². The number of phenols is 1. The van der Waals surface area contributed by atoms with Crippen molar-refractivity contribution in [2.75, 3.05) is 4.90 Å². The highest BCUT2D eigenvalue weighted by molar-refractivity contribution is 6.25. The molecule has 1 aromatic heterocycles. The number of aromatic nitrogens is 1. The number of anilines is 1. The van der Waals surface area contributed by atoms with Gasteiger partial charge in [-0.05, 0) is 30.4 Å². The summed E-state index contributed by atoms with van der Waals surface area (Å²) in [6.45, 7) is 3.75. The van der Waals surface area contributed by atoms with Crippen LogP contribution in [0.1, 0.15) is 23.3 Å². The first kappa shape index (κ1) is 12.8. The molecule has 1 fully saturated rings. The molecule has 4 rings (SSSR count). The second kappa shape index (κ2) is 4.30. The number of phenolic OH excluding ortho intramolecular Hbond substituents is 1. The van der Waals surface area contributed by atoms with Crippen LogP contribution < -0.4 is 10.2 Å². The number of carbonyl (C=O) groups excluding carboxylic acids is 2. The summed E-state index contributed by atoms with van der Waals surface area (Å²) in [5.41, 5.74) is 1.52. The standard InChI is InChI=1S/C16H13N3O3/c1-8-2-3-11(15(21)18-8)19-12-7-10(20)6-9-4-5-17-14(13(9)12)16(19)22/h4-7,11,20H,1-3H2,(H,18,21). The fourth-order valence-corrected chi connectivity index (χ4v) is 3.17. The van der Waals surface area contributed by atoms with Crippen molar-refractivity contribution in [3.63, 3.8) is 0 Å². The summed E-state index contributed by atoms with van der Waals surface area (Å²) in [5.74, 6) is -0.507. The Labute approximate surface area is 126 Å². The number of piperidine rings is 1. The van der Waals surface area contributed by atoms with Crippen LogP contribution in [0.4, 0.5) is 5.69 Å². The van der Waals surface area contributed by atoms with Gasteiger partial charge in [-0.15, -0.1) is 0 Å². The molecule has 6 nitrogen and oxygen atoms in total. The number of aromatic hydroxyl groups is 1. The molecule has 0 bridgehead atoms. The number of hydrogen-bond acceptors (Lipinski definition) is 4. The molecule has 2 N–H and O–H groups in total. The normalized spacial score (nSPS) is 20.6. The maximum absolute atomic E-state index is 12.7. The third-order valence-electron chi connectivity index (χ3n) is 4.14. The lowest BCUT2D eigenvalue weighted by Gasteiger charge is -2.31. The Morgan fingerprint density at radius 1 is 1.36 bits per heavy atom. The topological polar surface area (TPSA) is 82.5 Å². The first-order valence-corrected chi connectivity index (χ1v) is 7.00. The van der Waals surface area contributed by atoms with E-state index in [0.29, 0.717) is 35.3 Å². The van der Waals surface area contributed by atoms with E-state index in [1.54, 1.807) is 12.1 Å². The molecule has 0 radical (unpaired) electrons. The fraction of sp³-hybridized carbons (Fsp3) is 0.188. The lowest BCUT2D eigenvalue weighted by molar-refractivity contribution is -0.122. The smallest absolute Gasteiger partial charge is 0.278 e. The van der Waals surface area contributed by atoms with Crippen molar-refractivity contribution in [2.45, 2.75) is 18.9 Å². The highest BCUT2D eigenvalue weighted by Crippen LogP contribution is 2.41. The molecule has 1 saturated heterocycles. The zero-order valence-corrected chi connectivity index (χ0v) is 11.7. The Morgan fingerprint density at radius 2 is 2.18 bits per heavy atom. The van der Waals surface area contributed by atoms with Gasteiger partial charge in [0.15, 0.2) is 0 Å². The van der Waals surface area contributed by atoms with E-state index in [2.05, 4.69) is 16.9 Å². The number of amides is 2. The summed E-state index contributed by atoms with van der Waals surface area (Å²) < 4.78 is 0. The zero-order valence-electron chi connectivity index (χ0n) is 11.7. The molecule has 0 aliphatic carbocycles. The maximum atomic E-state index is 12.7. The van der Waals surface area contributed by atoms with E-state index in [0.717, 1.165) is 5.39 Å². The molecule has 3 heterocycles. The van der Waals surface area contributed by atoms with Gasteiger partial charge in [0.2, 0.25) is 5.91 Å². The van der Waals surface area contributed by atoms with E-state index >= 15 is 0 Å².